The standard InChI is InChI=1S/C9H7ClN6OS/c10-8-14-6(5-2-12-16-7(5)15-8)11-1-4-3-18-9(17)13-4/h2-3H,1H2,(H,13,17)(H2,11,12,14,15,16). The second-order valence-electron chi connectivity index (χ2n) is 3.50. The van der Waals surface area contributed by atoms with Crippen molar-refractivity contribution in [3.8, 4) is 0 Å². The van der Waals surface area contributed by atoms with E-state index in [1.165, 1.54) is 0 Å². The van der Waals surface area contributed by atoms with E-state index in [1.54, 1.807) is 11.6 Å². The maximum absolute atomic E-state index is 11.0. The summed E-state index contributed by atoms with van der Waals surface area (Å²) in [4.78, 5) is 21.7. The molecule has 0 amide bonds. The van der Waals surface area contributed by atoms with Crippen LogP contribution in [0.2, 0.25) is 5.28 Å². The number of anilines is 1. The monoisotopic (exact) mass is 282 g/mol. The van der Waals surface area contributed by atoms with Gasteiger partial charge in [0.1, 0.15) is 5.82 Å². The normalized spacial score (nSPS) is 10.9. The molecule has 3 aromatic rings. The third-order valence-corrected chi connectivity index (χ3v) is 3.19. The number of nitrogens with zero attached hydrogens (tertiary/aromatic N) is 3. The Bertz CT molecular complexity index is 747. The molecule has 3 rings (SSSR count). The predicted molar refractivity (Wildman–Crippen MR) is 69.0 cm³/mol. The van der Waals surface area contributed by atoms with E-state index >= 15 is 0 Å². The smallest absolute Gasteiger partial charge is 0.304 e. The van der Waals surface area contributed by atoms with Crippen LogP contribution in [0.4, 0.5) is 5.82 Å². The number of aromatic nitrogens is 5. The molecule has 0 radical (unpaired) electrons. The Kier molecular flexibility index (Phi) is 2.73. The summed E-state index contributed by atoms with van der Waals surface area (Å²) in [6, 6.07) is 0. The predicted octanol–water partition coefficient (Wildman–Crippen LogP) is 1.37. The number of thiazole rings is 1. The third kappa shape index (κ3) is 2.07. The molecule has 18 heavy (non-hydrogen) atoms. The average Bonchev–Trinajstić information content (AvgIpc) is 2.94. The Balaban J connectivity index is 1.90. The van der Waals surface area contributed by atoms with Gasteiger partial charge in [-0.3, -0.25) is 9.89 Å². The summed E-state index contributed by atoms with van der Waals surface area (Å²) < 4.78 is 0. The van der Waals surface area contributed by atoms with Gasteiger partial charge in [-0.15, -0.1) is 0 Å². The Morgan fingerprint density at radius 1 is 1.44 bits per heavy atom. The van der Waals surface area contributed by atoms with Crippen LogP contribution in [-0.4, -0.2) is 25.1 Å². The summed E-state index contributed by atoms with van der Waals surface area (Å²) in [6.45, 7) is 0.451. The largest absolute Gasteiger partial charge is 0.364 e. The second-order valence-corrected chi connectivity index (χ2v) is 4.68. The lowest BCUT2D eigenvalue weighted by molar-refractivity contribution is 1.04. The first kappa shape index (κ1) is 11.2. The van der Waals surface area contributed by atoms with Crippen molar-refractivity contribution in [2.24, 2.45) is 0 Å². The van der Waals surface area contributed by atoms with Gasteiger partial charge in [0.25, 0.3) is 0 Å². The van der Waals surface area contributed by atoms with Crippen LogP contribution in [0.15, 0.2) is 16.4 Å². The van der Waals surface area contributed by atoms with Gasteiger partial charge in [-0.25, -0.2) is 0 Å². The van der Waals surface area contributed by atoms with Crippen LogP contribution in [-0.2, 0) is 6.54 Å². The molecule has 0 unspecified atom stereocenters. The summed E-state index contributed by atoms with van der Waals surface area (Å²) >= 11 is 6.92. The third-order valence-electron chi connectivity index (χ3n) is 2.30. The zero-order valence-corrected chi connectivity index (χ0v) is 10.5. The number of fused-ring (bicyclic) bond motifs is 1. The highest BCUT2D eigenvalue weighted by molar-refractivity contribution is 7.07. The number of rotatable bonds is 3. The van der Waals surface area contributed by atoms with E-state index in [-0.39, 0.29) is 10.2 Å². The molecule has 3 aromatic heterocycles. The number of H-pyrrole nitrogens is 2. The van der Waals surface area contributed by atoms with Crippen LogP contribution >= 0.6 is 22.9 Å². The molecular formula is C9H7ClN6OS. The van der Waals surface area contributed by atoms with Crippen molar-refractivity contribution in [1.29, 1.82) is 0 Å². The molecule has 92 valence electrons. The van der Waals surface area contributed by atoms with Crippen LogP contribution in [0.3, 0.4) is 0 Å². The molecule has 7 nitrogen and oxygen atoms in total. The van der Waals surface area contributed by atoms with Gasteiger partial charge in [-0.05, 0) is 11.6 Å². The average molecular weight is 283 g/mol. The molecule has 0 saturated carbocycles. The van der Waals surface area contributed by atoms with E-state index in [4.69, 9.17) is 11.6 Å². The molecule has 0 fully saturated rings. The highest BCUT2D eigenvalue weighted by atomic mass is 35.5. The maximum Gasteiger partial charge on any atom is 0.304 e. The number of nitrogens with one attached hydrogen (secondary N) is 3. The Morgan fingerprint density at radius 3 is 3.11 bits per heavy atom. The second kappa shape index (κ2) is 4.39. The van der Waals surface area contributed by atoms with Crippen molar-refractivity contribution in [3.05, 3.63) is 32.2 Å². The summed E-state index contributed by atoms with van der Waals surface area (Å²) in [5.41, 5.74) is 1.35. The number of hydrogen-bond donors (Lipinski definition) is 3. The summed E-state index contributed by atoms with van der Waals surface area (Å²) in [7, 11) is 0. The molecule has 0 spiro atoms. The summed E-state index contributed by atoms with van der Waals surface area (Å²) in [6.07, 6.45) is 1.62. The van der Waals surface area contributed by atoms with Gasteiger partial charge in [0.05, 0.1) is 18.1 Å². The molecule has 0 bridgehead atoms. The summed E-state index contributed by atoms with van der Waals surface area (Å²) in [5, 5.41) is 12.3. The summed E-state index contributed by atoms with van der Waals surface area (Å²) in [5.74, 6) is 0.575. The molecule has 0 aromatic carbocycles. The van der Waals surface area contributed by atoms with Crippen molar-refractivity contribution in [2.45, 2.75) is 6.54 Å². The van der Waals surface area contributed by atoms with Crippen molar-refractivity contribution in [1.82, 2.24) is 25.1 Å². The molecule has 0 aliphatic carbocycles. The van der Waals surface area contributed by atoms with E-state index in [0.717, 1.165) is 22.4 Å². The van der Waals surface area contributed by atoms with Gasteiger partial charge in [-0.1, -0.05) is 11.3 Å². The zero-order valence-electron chi connectivity index (χ0n) is 8.90. The van der Waals surface area contributed by atoms with Gasteiger partial charge in [0, 0.05) is 11.1 Å². The van der Waals surface area contributed by atoms with Gasteiger partial charge < -0.3 is 10.3 Å². The Labute approximate surface area is 109 Å². The fourth-order valence-electron chi connectivity index (χ4n) is 1.52. The quantitative estimate of drug-likeness (QED) is 0.630. The molecule has 0 atom stereocenters. The van der Waals surface area contributed by atoms with Crippen LogP contribution in [0.1, 0.15) is 5.69 Å². The van der Waals surface area contributed by atoms with Gasteiger partial charge in [-0.2, -0.15) is 15.1 Å². The number of halogens is 1. The van der Waals surface area contributed by atoms with Crippen LogP contribution in [0, 0.1) is 0 Å². The van der Waals surface area contributed by atoms with Gasteiger partial charge in [0.15, 0.2) is 5.65 Å². The van der Waals surface area contributed by atoms with Crippen LogP contribution in [0.25, 0.3) is 11.0 Å². The lowest BCUT2D eigenvalue weighted by Gasteiger charge is -2.04. The fraction of sp³-hybridized carbons (Fsp3) is 0.111. The fourth-order valence-corrected chi connectivity index (χ4v) is 2.27. The minimum Gasteiger partial charge on any atom is -0.364 e. The zero-order chi connectivity index (χ0) is 12.5. The molecule has 0 aliphatic rings. The SMILES string of the molecule is O=c1[nH]c(CNc2nc(Cl)nc3[nH]ncc23)cs1. The molecule has 9 heteroatoms. The first-order chi connectivity index (χ1) is 8.72. The lowest BCUT2D eigenvalue weighted by atomic mass is 10.4. The number of hydrogen-bond acceptors (Lipinski definition) is 6. The lowest BCUT2D eigenvalue weighted by Crippen LogP contribution is -2.05. The minimum atomic E-state index is -0.0824. The highest BCUT2D eigenvalue weighted by Gasteiger charge is 2.08. The molecule has 3 heterocycles. The maximum atomic E-state index is 11.0. The molecular weight excluding hydrogens is 276 g/mol. The Hall–Kier alpha value is -1.93. The van der Waals surface area contributed by atoms with Crippen molar-refractivity contribution in [2.75, 3.05) is 5.32 Å². The minimum absolute atomic E-state index is 0.0824. The van der Waals surface area contributed by atoms with Crippen molar-refractivity contribution < 1.29 is 0 Å². The van der Waals surface area contributed by atoms with Crippen LogP contribution < -0.4 is 10.2 Å². The van der Waals surface area contributed by atoms with Crippen molar-refractivity contribution in [3.63, 3.8) is 0 Å². The van der Waals surface area contributed by atoms with E-state index in [0.29, 0.717) is 18.0 Å². The van der Waals surface area contributed by atoms with Crippen molar-refractivity contribution >= 4 is 39.8 Å². The van der Waals surface area contributed by atoms with E-state index in [1.807, 2.05) is 0 Å². The molecule has 3 N–H and O–H groups in total. The Morgan fingerprint density at radius 2 is 2.33 bits per heavy atom. The molecule has 0 saturated heterocycles. The topological polar surface area (TPSA) is 99.4 Å². The first-order valence-corrected chi connectivity index (χ1v) is 6.25. The van der Waals surface area contributed by atoms with Crippen LogP contribution in [0.5, 0.6) is 0 Å². The molecule has 0 aliphatic heterocycles. The van der Waals surface area contributed by atoms with E-state index < -0.39 is 0 Å². The van der Waals surface area contributed by atoms with E-state index in [9.17, 15) is 4.79 Å². The highest BCUT2D eigenvalue weighted by Crippen LogP contribution is 2.20. The van der Waals surface area contributed by atoms with E-state index in [2.05, 4.69) is 30.5 Å². The van der Waals surface area contributed by atoms with Gasteiger partial charge in [0.2, 0.25) is 5.28 Å². The number of aromatic amines is 2. The van der Waals surface area contributed by atoms with Gasteiger partial charge >= 0.3 is 4.87 Å². The first-order valence-electron chi connectivity index (χ1n) is 4.99.